The van der Waals surface area contributed by atoms with Crippen LogP contribution in [0.15, 0.2) is 65.8 Å². The van der Waals surface area contributed by atoms with Gasteiger partial charge in [0, 0.05) is 5.69 Å². The van der Waals surface area contributed by atoms with E-state index in [0.717, 1.165) is 11.3 Å². The van der Waals surface area contributed by atoms with E-state index in [2.05, 4.69) is 9.82 Å². The number of nitrogens with one attached hydrogen (secondary N) is 1. The van der Waals surface area contributed by atoms with E-state index in [-0.39, 0.29) is 16.1 Å². The molecule has 1 heterocycles. The van der Waals surface area contributed by atoms with Gasteiger partial charge >= 0.3 is 5.97 Å². The highest BCUT2D eigenvalue weighted by Crippen LogP contribution is 2.18. The van der Waals surface area contributed by atoms with Crippen molar-refractivity contribution in [1.82, 2.24) is 9.78 Å². The van der Waals surface area contributed by atoms with E-state index in [1.807, 2.05) is 31.2 Å². The van der Waals surface area contributed by atoms with Gasteiger partial charge in [-0.3, -0.25) is 4.72 Å². The number of aryl methyl sites for hydroxylation is 1. The average Bonchev–Trinajstić information content (AvgIpc) is 3.06. The lowest BCUT2D eigenvalue weighted by Crippen LogP contribution is -2.12. The standard InChI is InChI=1S/C17H15N3O4S/c1-12-2-8-15(9-3-12)20-11-16(10-18-20)25(23,24)19-14-6-4-13(5-7-14)17(21)22/h2-11,19H,1H3,(H,21,22). The van der Waals surface area contributed by atoms with Gasteiger partial charge in [-0.1, -0.05) is 17.7 Å². The number of rotatable bonds is 5. The predicted octanol–water partition coefficient (Wildman–Crippen LogP) is 2.68. The first-order valence-electron chi connectivity index (χ1n) is 7.33. The van der Waals surface area contributed by atoms with Crippen molar-refractivity contribution in [3.05, 3.63) is 72.1 Å². The predicted molar refractivity (Wildman–Crippen MR) is 92.5 cm³/mol. The second-order valence-corrected chi connectivity index (χ2v) is 7.13. The molecule has 0 fully saturated rings. The Morgan fingerprint density at radius 2 is 1.72 bits per heavy atom. The summed E-state index contributed by atoms with van der Waals surface area (Å²) in [6.07, 6.45) is 2.67. The van der Waals surface area contributed by atoms with Gasteiger partial charge in [-0.25, -0.2) is 17.9 Å². The summed E-state index contributed by atoms with van der Waals surface area (Å²) >= 11 is 0. The van der Waals surface area contributed by atoms with Crippen LogP contribution in [0.3, 0.4) is 0 Å². The summed E-state index contributed by atoms with van der Waals surface area (Å²) in [6.45, 7) is 1.96. The Bertz CT molecular complexity index is 1010. The summed E-state index contributed by atoms with van der Waals surface area (Å²) in [5, 5.41) is 12.9. The summed E-state index contributed by atoms with van der Waals surface area (Å²) in [4.78, 5) is 10.8. The highest BCUT2D eigenvalue weighted by Gasteiger charge is 2.17. The van der Waals surface area contributed by atoms with E-state index in [1.54, 1.807) is 0 Å². The van der Waals surface area contributed by atoms with Gasteiger partial charge in [0.2, 0.25) is 0 Å². The molecule has 8 heteroatoms. The number of hydrogen-bond acceptors (Lipinski definition) is 4. The molecule has 0 aliphatic carbocycles. The number of nitrogens with zero attached hydrogens (tertiary/aromatic N) is 2. The van der Waals surface area contributed by atoms with E-state index in [9.17, 15) is 13.2 Å². The number of anilines is 1. The van der Waals surface area contributed by atoms with Crippen LogP contribution in [0.5, 0.6) is 0 Å². The lowest BCUT2D eigenvalue weighted by atomic mass is 10.2. The monoisotopic (exact) mass is 357 g/mol. The first kappa shape index (κ1) is 16.7. The zero-order chi connectivity index (χ0) is 18.0. The molecule has 0 bridgehead atoms. The van der Waals surface area contributed by atoms with Crippen molar-refractivity contribution < 1.29 is 18.3 Å². The molecule has 2 aromatic carbocycles. The van der Waals surface area contributed by atoms with Gasteiger partial charge in [0.05, 0.1) is 23.6 Å². The van der Waals surface area contributed by atoms with Crippen LogP contribution in [0.4, 0.5) is 5.69 Å². The Kier molecular flexibility index (Phi) is 4.28. The highest BCUT2D eigenvalue weighted by atomic mass is 32.2. The van der Waals surface area contributed by atoms with Gasteiger partial charge in [-0.15, -0.1) is 0 Å². The summed E-state index contributed by atoms with van der Waals surface area (Å²) < 4.78 is 28.8. The zero-order valence-corrected chi connectivity index (χ0v) is 14.1. The molecule has 7 nitrogen and oxygen atoms in total. The van der Waals surface area contributed by atoms with Gasteiger partial charge in [0.25, 0.3) is 10.0 Å². The van der Waals surface area contributed by atoms with Crippen molar-refractivity contribution in [3.63, 3.8) is 0 Å². The molecule has 0 aliphatic rings. The Labute approximate surface area is 144 Å². The van der Waals surface area contributed by atoms with E-state index in [1.165, 1.54) is 41.3 Å². The second kappa shape index (κ2) is 6.40. The number of hydrogen-bond donors (Lipinski definition) is 2. The molecule has 0 atom stereocenters. The summed E-state index contributed by atoms with van der Waals surface area (Å²) in [5.74, 6) is -1.08. The first-order chi connectivity index (χ1) is 11.8. The number of benzene rings is 2. The molecule has 25 heavy (non-hydrogen) atoms. The van der Waals surface area contributed by atoms with Gasteiger partial charge in [-0.2, -0.15) is 5.10 Å². The maximum atomic E-state index is 12.4. The molecule has 3 rings (SSSR count). The molecule has 0 radical (unpaired) electrons. The van der Waals surface area contributed by atoms with Crippen LogP contribution in [0, 0.1) is 6.92 Å². The number of sulfonamides is 1. The maximum Gasteiger partial charge on any atom is 0.335 e. The van der Waals surface area contributed by atoms with Gasteiger partial charge in [-0.05, 0) is 43.3 Å². The van der Waals surface area contributed by atoms with E-state index >= 15 is 0 Å². The lowest BCUT2D eigenvalue weighted by Gasteiger charge is -2.06. The fourth-order valence-corrected chi connectivity index (χ4v) is 3.17. The van der Waals surface area contributed by atoms with Crippen LogP contribution < -0.4 is 4.72 Å². The quantitative estimate of drug-likeness (QED) is 0.731. The maximum absolute atomic E-state index is 12.4. The van der Waals surface area contributed by atoms with Crippen molar-refractivity contribution in [2.75, 3.05) is 4.72 Å². The third-order valence-corrected chi connectivity index (χ3v) is 4.89. The van der Waals surface area contributed by atoms with Crippen LogP contribution in [-0.4, -0.2) is 29.3 Å². The number of carboxylic acid groups (broad SMARTS) is 1. The van der Waals surface area contributed by atoms with E-state index in [0.29, 0.717) is 0 Å². The van der Waals surface area contributed by atoms with Crippen molar-refractivity contribution in [3.8, 4) is 5.69 Å². The zero-order valence-electron chi connectivity index (χ0n) is 13.2. The number of carbonyl (C=O) groups is 1. The van der Waals surface area contributed by atoms with Gasteiger partial charge in [0.1, 0.15) is 4.90 Å². The molecule has 0 aliphatic heterocycles. The second-order valence-electron chi connectivity index (χ2n) is 5.44. The minimum atomic E-state index is -3.82. The van der Waals surface area contributed by atoms with Crippen LogP contribution >= 0.6 is 0 Å². The van der Waals surface area contributed by atoms with Crippen LogP contribution in [0.1, 0.15) is 15.9 Å². The van der Waals surface area contributed by atoms with Crippen molar-refractivity contribution in [2.24, 2.45) is 0 Å². The average molecular weight is 357 g/mol. The smallest absolute Gasteiger partial charge is 0.335 e. The Morgan fingerprint density at radius 1 is 1.08 bits per heavy atom. The molecule has 0 saturated carbocycles. The summed E-state index contributed by atoms with van der Waals surface area (Å²) in [7, 11) is -3.82. The minimum Gasteiger partial charge on any atom is -0.478 e. The molecular formula is C17H15N3O4S. The fraction of sp³-hybridized carbons (Fsp3) is 0.0588. The number of aromatic carboxylic acids is 1. The molecular weight excluding hydrogens is 342 g/mol. The Morgan fingerprint density at radius 3 is 2.32 bits per heavy atom. The summed E-state index contributed by atoms with van der Waals surface area (Å²) in [6, 6.07) is 13.0. The topological polar surface area (TPSA) is 101 Å². The van der Waals surface area contributed by atoms with Crippen LogP contribution in [0.2, 0.25) is 0 Å². The third-order valence-electron chi connectivity index (χ3n) is 3.55. The Hall–Kier alpha value is -3.13. The fourth-order valence-electron chi connectivity index (χ4n) is 2.18. The minimum absolute atomic E-state index is 0.00962. The first-order valence-corrected chi connectivity index (χ1v) is 8.81. The molecule has 0 spiro atoms. The molecule has 0 amide bonds. The van der Waals surface area contributed by atoms with Crippen molar-refractivity contribution in [1.29, 1.82) is 0 Å². The molecule has 3 aromatic rings. The summed E-state index contributed by atoms with van der Waals surface area (Å²) in [5.41, 5.74) is 2.19. The van der Waals surface area contributed by atoms with Crippen LogP contribution in [0.25, 0.3) is 5.69 Å². The normalized spacial score (nSPS) is 11.2. The largest absolute Gasteiger partial charge is 0.478 e. The van der Waals surface area contributed by atoms with Crippen LogP contribution in [-0.2, 0) is 10.0 Å². The number of carboxylic acids is 1. The van der Waals surface area contributed by atoms with Gasteiger partial charge < -0.3 is 5.11 Å². The molecule has 1 aromatic heterocycles. The number of aromatic nitrogens is 2. The molecule has 2 N–H and O–H groups in total. The van der Waals surface area contributed by atoms with Crippen molar-refractivity contribution in [2.45, 2.75) is 11.8 Å². The van der Waals surface area contributed by atoms with E-state index < -0.39 is 16.0 Å². The Balaban J connectivity index is 1.83. The highest BCUT2D eigenvalue weighted by molar-refractivity contribution is 7.92. The SMILES string of the molecule is Cc1ccc(-n2cc(S(=O)(=O)Nc3ccc(C(=O)O)cc3)cn2)cc1. The molecule has 0 saturated heterocycles. The molecule has 128 valence electrons. The van der Waals surface area contributed by atoms with Crippen molar-refractivity contribution >= 4 is 21.7 Å². The third kappa shape index (κ3) is 3.69. The molecule has 0 unspecified atom stereocenters. The lowest BCUT2D eigenvalue weighted by molar-refractivity contribution is 0.0697. The van der Waals surface area contributed by atoms with Gasteiger partial charge in [0.15, 0.2) is 0 Å². The van der Waals surface area contributed by atoms with E-state index in [4.69, 9.17) is 5.11 Å².